The van der Waals surface area contributed by atoms with Crippen molar-refractivity contribution >= 4 is 45.1 Å². The molecule has 0 saturated heterocycles. The smallest absolute Gasteiger partial charge is 0.100 e. The third-order valence-electron chi connectivity index (χ3n) is 6.97. The zero-order valence-electron chi connectivity index (χ0n) is 20.5. The molecule has 1 aliphatic carbocycles. The molecule has 0 fully saturated rings. The molecule has 2 heteroatoms. The van der Waals surface area contributed by atoms with Gasteiger partial charge in [0, 0.05) is 27.8 Å². The van der Waals surface area contributed by atoms with E-state index in [0.29, 0.717) is 0 Å². The van der Waals surface area contributed by atoms with Gasteiger partial charge < -0.3 is 4.90 Å². The van der Waals surface area contributed by atoms with Gasteiger partial charge in [0.1, 0.15) is 6.07 Å². The van der Waals surface area contributed by atoms with Crippen molar-refractivity contribution < 1.29 is 0 Å². The summed E-state index contributed by atoms with van der Waals surface area (Å²) in [6, 6.07) is 38.1. The zero-order chi connectivity index (χ0) is 25.0. The number of hydrogen-bond acceptors (Lipinski definition) is 2. The topological polar surface area (TPSA) is 27.0 Å². The second-order valence-corrected chi connectivity index (χ2v) is 9.21. The van der Waals surface area contributed by atoms with E-state index < -0.39 is 0 Å². The summed E-state index contributed by atoms with van der Waals surface area (Å²) >= 11 is 0. The molecule has 1 aliphatic rings. The van der Waals surface area contributed by atoms with Crippen LogP contribution in [-0.4, -0.2) is 0 Å². The minimum Gasteiger partial charge on any atom is -0.314 e. The van der Waals surface area contributed by atoms with Gasteiger partial charge in [-0.3, -0.25) is 0 Å². The quantitative estimate of drug-likeness (QED) is 0.187. The lowest BCUT2D eigenvalue weighted by molar-refractivity contribution is 0.917. The Balaban J connectivity index is 1.40. The van der Waals surface area contributed by atoms with Crippen molar-refractivity contribution in [3.8, 4) is 6.07 Å². The molecular weight excluding hydrogens is 448 g/mol. The predicted molar refractivity (Wildman–Crippen MR) is 157 cm³/mol. The minimum absolute atomic E-state index is 0.737. The van der Waals surface area contributed by atoms with Crippen LogP contribution in [0.25, 0.3) is 33.7 Å². The summed E-state index contributed by atoms with van der Waals surface area (Å²) in [7, 11) is 0. The maximum absolute atomic E-state index is 9.90. The largest absolute Gasteiger partial charge is 0.314 e. The van der Waals surface area contributed by atoms with Gasteiger partial charge in [-0.1, -0.05) is 103 Å². The molecular formula is C35H26N2. The molecule has 0 amide bonds. The maximum Gasteiger partial charge on any atom is 0.100 e. The van der Waals surface area contributed by atoms with E-state index in [1.54, 1.807) is 0 Å². The molecule has 5 aromatic rings. The van der Waals surface area contributed by atoms with E-state index in [1.807, 2.05) is 36.4 Å². The third-order valence-corrected chi connectivity index (χ3v) is 6.97. The summed E-state index contributed by atoms with van der Waals surface area (Å²) in [5.41, 5.74) is 6.63. The molecule has 0 N–H and O–H groups in total. The van der Waals surface area contributed by atoms with E-state index in [-0.39, 0.29) is 0 Å². The molecule has 0 aromatic heterocycles. The van der Waals surface area contributed by atoms with E-state index >= 15 is 0 Å². The predicted octanol–water partition coefficient (Wildman–Crippen LogP) is 9.41. The SMILES string of the molecule is N#Cc1c2ccccc2c(C=Cc2ccc(N(C3=CC=CCC3)c3ccccc3)cc2)c2ccccc12. The molecule has 0 bridgehead atoms. The fourth-order valence-corrected chi connectivity index (χ4v) is 5.21. The Morgan fingerprint density at radius 3 is 1.84 bits per heavy atom. The maximum atomic E-state index is 9.90. The van der Waals surface area contributed by atoms with Crippen LogP contribution in [0.4, 0.5) is 11.4 Å². The lowest BCUT2D eigenvalue weighted by atomic mass is 9.92. The molecule has 5 aromatic carbocycles. The summed E-state index contributed by atoms with van der Waals surface area (Å²) in [5, 5.41) is 14.1. The number of hydrogen-bond donors (Lipinski definition) is 0. The minimum atomic E-state index is 0.737. The van der Waals surface area contributed by atoms with Crippen LogP contribution in [0.1, 0.15) is 29.5 Å². The first-order valence-electron chi connectivity index (χ1n) is 12.7. The van der Waals surface area contributed by atoms with E-state index in [4.69, 9.17) is 0 Å². The average Bonchev–Trinajstić information content (AvgIpc) is 2.97. The Morgan fingerprint density at radius 2 is 1.24 bits per heavy atom. The van der Waals surface area contributed by atoms with Gasteiger partial charge in [0.05, 0.1) is 5.56 Å². The standard InChI is InChI=1S/C35H26N2/c36-25-35-32-17-9-7-15-30(32)34(31-16-8-10-18-33(31)35)24-21-26-19-22-29(23-20-26)37(27-11-3-1-4-12-27)28-13-5-2-6-14-28/h1-5,7-13,15-24H,6,14H2. The normalized spacial score (nSPS) is 13.1. The fourth-order valence-electron chi connectivity index (χ4n) is 5.21. The number of fused-ring (bicyclic) bond motifs is 2. The van der Waals surface area contributed by atoms with Crippen molar-refractivity contribution in [3.05, 3.63) is 144 Å². The van der Waals surface area contributed by atoms with Gasteiger partial charge in [-0.25, -0.2) is 0 Å². The van der Waals surface area contributed by atoms with Crippen LogP contribution in [0.3, 0.4) is 0 Å². The summed E-state index contributed by atoms with van der Waals surface area (Å²) in [4.78, 5) is 2.35. The van der Waals surface area contributed by atoms with Crippen LogP contribution in [-0.2, 0) is 0 Å². The molecule has 0 spiro atoms. The molecule has 0 unspecified atom stereocenters. The number of nitrogens with zero attached hydrogens (tertiary/aromatic N) is 2. The Morgan fingerprint density at radius 1 is 0.649 bits per heavy atom. The second kappa shape index (κ2) is 10.0. The zero-order valence-corrected chi connectivity index (χ0v) is 20.5. The van der Waals surface area contributed by atoms with Crippen molar-refractivity contribution in [3.63, 3.8) is 0 Å². The highest BCUT2D eigenvalue weighted by molar-refractivity contribution is 6.12. The summed E-state index contributed by atoms with van der Waals surface area (Å²) in [6.07, 6.45) is 13.0. The van der Waals surface area contributed by atoms with E-state index in [1.165, 1.54) is 11.4 Å². The van der Waals surface area contributed by atoms with Gasteiger partial charge in [0.15, 0.2) is 0 Å². The fraction of sp³-hybridized carbons (Fsp3) is 0.0571. The Kier molecular flexibility index (Phi) is 6.11. The molecule has 0 heterocycles. The number of anilines is 2. The Hall–Kier alpha value is -4.87. The summed E-state index contributed by atoms with van der Waals surface area (Å²) in [5.74, 6) is 0. The van der Waals surface area contributed by atoms with Crippen LogP contribution in [0.5, 0.6) is 0 Å². The summed E-state index contributed by atoms with van der Waals surface area (Å²) < 4.78 is 0. The van der Waals surface area contributed by atoms with E-state index in [9.17, 15) is 5.26 Å². The monoisotopic (exact) mass is 474 g/mol. The van der Waals surface area contributed by atoms with Crippen molar-refractivity contribution in [2.75, 3.05) is 4.90 Å². The van der Waals surface area contributed by atoms with Crippen LogP contribution >= 0.6 is 0 Å². The first kappa shape index (κ1) is 22.6. The molecule has 2 nitrogen and oxygen atoms in total. The lowest BCUT2D eigenvalue weighted by Crippen LogP contribution is -2.17. The van der Waals surface area contributed by atoms with Crippen LogP contribution in [0.15, 0.2) is 127 Å². The van der Waals surface area contributed by atoms with Crippen LogP contribution in [0.2, 0.25) is 0 Å². The Bertz CT molecular complexity index is 1660. The van der Waals surface area contributed by atoms with Gasteiger partial charge >= 0.3 is 0 Å². The van der Waals surface area contributed by atoms with Crippen LogP contribution < -0.4 is 4.90 Å². The van der Waals surface area contributed by atoms with Crippen molar-refractivity contribution in [2.24, 2.45) is 0 Å². The van der Waals surface area contributed by atoms with Crippen molar-refractivity contribution in [1.82, 2.24) is 0 Å². The highest BCUT2D eigenvalue weighted by Gasteiger charge is 2.15. The van der Waals surface area contributed by atoms with Crippen LogP contribution in [0, 0.1) is 11.3 Å². The Labute approximate surface area is 217 Å². The van der Waals surface area contributed by atoms with Gasteiger partial charge in [0.2, 0.25) is 0 Å². The highest BCUT2D eigenvalue weighted by Crippen LogP contribution is 2.35. The molecule has 176 valence electrons. The molecule has 0 atom stereocenters. The molecule has 0 saturated carbocycles. The average molecular weight is 475 g/mol. The van der Waals surface area contributed by atoms with Gasteiger partial charge in [0.25, 0.3) is 0 Å². The number of benzene rings is 5. The third kappa shape index (κ3) is 4.33. The van der Waals surface area contributed by atoms with Crippen molar-refractivity contribution in [2.45, 2.75) is 12.8 Å². The number of para-hydroxylation sites is 1. The summed E-state index contributed by atoms with van der Waals surface area (Å²) in [6.45, 7) is 0. The van der Waals surface area contributed by atoms with Crippen molar-refractivity contribution in [1.29, 1.82) is 5.26 Å². The molecule has 6 rings (SSSR count). The number of nitriles is 1. The molecule has 37 heavy (non-hydrogen) atoms. The molecule has 0 aliphatic heterocycles. The van der Waals surface area contributed by atoms with Gasteiger partial charge in [-0.2, -0.15) is 5.26 Å². The van der Waals surface area contributed by atoms with Gasteiger partial charge in [-0.15, -0.1) is 0 Å². The first-order chi connectivity index (χ1) is 18.3. The number of rotatable bonds is 5. The highest BCUT2D eigenvalue weighted by atomic mass is 15.1. The molecule has 0 radical (unpaired) electrons. The first-order valence-corrected chi connectivity index (χ1v) is 12.7. The van der Waals surface area contributed by atoms with E-state index in [2.05, 4.69) is 108 Å². The number of allylic oxidation sites excluding steroid dienone is 4. The second-order valence-electron chi connectivity index (χ2n) is 9.21. The van der Waals surface area contributed by atoms with Gasteiger partial charge in [-0.05, 0) is 65.1 Å². The van der Waals surface area contributed by atoms with E-state index in [0.717, 1.165) is 56.8 Å². The lowest BCUT2D eigenvalue weighted by Gasteiger charge is -2.29.